The lowest BCUT2D eigenvalue weighted by molar-refractivity contribution is -0.143. The van der Waals surface area contributed by atoms with Crippen LogP contribution in [0.15, 0.2) is 24.3 Å². The zero-order valence-electron chi connectivity index (χ0n) is 15.2. The van der Waals surface area contributed by atoms with Gasteiger partial charge in [-0.2, -0.15) is 0 Å². The van der Waals surface area contributed by atoms with E-state index in [4.69, 9.17) is 4.74 Å². The normalized spacial score (nSPS) is 11.8. The standard InChI is InChI=1S/C20H34I2O2/c1-2-3-4-5-6-7-8-9-10-11-12-13-14-15-16-17-20(23)24-18-19(21)22/h6-7,9-10,19H,2-5,8,11-18H2,1H3/b7-6-,10-9-. The number of hydrogen-bond donors (Lipinski definition) is 0. The second-order valence-corrected chi connectivity index (χ2v) is 11.4. The van der Waals surface area contributed by atoms with Gasteiger partial charge in [-0.25, -0.2) is 0 Å². The van der Waals surface area contributed by atoms with E-state index < -0.39 is 0 Å². The molecule has 0 rings (SSSR count). The number of alkyl halides is 2. The zero-order chi connectivity index (χ0) is 17.9. The van der Waals surface area contributed by atoms with E-state index >= 15 is 0 Å². The van der Waals surface area contributed by atoms with Gasteiger partial charge >= 0.3 is 5.97 Å². The molecule has 0 aliphatic heterocycles. The Hall–Kier alpha value is 0.410. The highest BCUT2D eigenvalue weighted by atomic mass is 127. The number of ether oxygens (including phenoxy) is 1. The van der Waals surface area contributed by atoms with Crippen molar-refractivity contribution in [3.63, 3.8) is 0 Å². The molecule has 140 valence electrons. The lowest BCUT2D eigenvalue weighted by atomic mass is 10.1. The maximum Gasteiger partial charge on any atom is 0.305 e. The molecule has 0 radical (unpaired) electrons. The quantitative estimate of drug-likeness (QED) is 0.0642. The number of hydrogen-bond acceptors (Lipinski definition) is 2. The number of unbranched alkanes of at least 4 members (excludes halogenated alkanes) is 8. The topological polar surface area (TPSA) is 26.3 Å². The molecule has 0 spiro atoms. The fourth-order valence-corrected chi connectivity index (χ4v) is 2.67. The minimum absolute atomic E-state index is 0.0426. The molecule has 0 aromatic rings. The third kappa shape index (κ3) is 20.5. The van der Waals surface area contributed by atoms with Gasteiger partial charge in [-0.05, 0) is 38.5 Å². The van der Waals surface area contributed by atoms with Crippen LogP contribution in [0.25, 0.3) is 0 Å². The molecule has 0 heterocycles. The zero-order valence-corrected chi connectivity index (χ0v) is 19.5. The predicted molar refractivity (Wildman–Crippen MR) is 122 cm³/mol. The van der Waals surface area contributed by atoms with Crippen molar-refractivity contribution in [2.45, 2.75) is 85.9 Å². The van der Waals surface area contributed by atoms with E-state index in [1.165, 1.54) is 51.4 Å². The van der Waals surface area contributed by atoms with Gasteiger partial charge in [-0.1, -0.05) is 109 Å². The second kappa shape index (κ2) is 19.7. The third-order valence-electron chi connectivity index (χ3n) is 3.70. The molecule has 0 bridgehead atoms. The SMILES string of the molecule is CCCCC/C=C\C/C=C\CCCCCCCC(=O)OCC(I)I. The monoisotopic (exact) mass is 560 g/mol. The largest absolute Gasteiger partial charge is 0.464 e. The summed E-state index contributed by atoms with van der Waals surface area (Å²) in [6.07, 6.45) is 23.0. The van der Waals surface area contributed by atoms with Gasteiger partial charge in [-0.3, -0.25) is 4.79 Å². The van der Waals surface area contributed by atoms with Crippen molar-refractivity contribution in [1.82, 2.24) is 0 Å². The first kappa shape index (κ1) is 24.4. The van der Waals surface area contributed by atoms with Gasteiger partial charge in [0, 0.05) is 6.42 Å². The minimum atomic E-state index is -0.0426. The smallest absolute Gasteiger partial charge is 0.305 e. The van der Waals surface area contributed by atoms with Gasteiger partial charge in [0.15, 0.2) is 0 Å². The van der Waals surface area contributed by atoms with Crippen LogP contribution in [0.2, 0.25) is 0 Å². The average Bonchev–Trinajstić information content (AvgIpc) is 2.56. The van der Waals surface area contributed by atoms with Crippen LogP contribution in [0, 0.1) is 0 Å². The summed E-state index contributed by atoms with van der Waals surface area (Å²) in [5, 5.41) is 0. The number of halogens is 2. The number of carbonyl (C=O) groups is 1. The van der Waals surface area contributed by atoms with Crippen LogP contribution in [0.3, 0.4) is 0 Å². The summed E-state index contributed by atoms with van der Waals surface area (Å²) in [4.78, 5) is 11.4. The summed E-state index contributed by atoms with van der Waals surface area (Å²) in [6, 6.07) is 0. The van der Waals surface area contributed by atoms with E-state index in [0.29, 0.717) is 15.0 Å². The molecule has 0 amide bonds. The van der Waals surface area contributed by atoms with Crippen LogP contribution in [-0.4, -0.2) is 14.5 Å². The van der Waals surface area contributed by atoms with Crippen molar-refractivity contribution >= 4 is 51.2 Å². The molecule has 0 unspecified atom stereocenters. The highest BCUT2D eigenvalue weighted by Gasteiger charge is 2.05. The molecule has 0 aliphatic rings. The fourth-order valence-electron chi connectivity index (χ4n) is 2.31. The molecule has 0 aromatic carbocycles. The molecule has 0 saturated heterocycles. The summed E-state index contributed by atoms with van der Waals surface area (Å²) < 4.78 is 5.52. The lowest BCUT2D eigenvalue weighted by Gasteiger charge is -2.05. The Morgan fingerprint density at radius 3 is 2.08 bits per heavy atom. The Labute approximate surface area is 176 Å². The highest BCUT2D eigenvalue weighted by molar-refractivity contribution is 14.2. The number of rotatable bonds is 16. The summed E-state index contributed by atoms with van der Waals surface area (Å²) >= 11 is 4.51. The molecule has 0 fully saturated rings. The molecule has 4 heteroatoms. The Morgan fingerprint density at radius 1 is 0.875 bits per heavy atom. The third-order valence-corrected chi connectivity index (χ3v) is 4.42. The first-order chi connectivity index (χ1) is 11.7. The number of allylic oxidation sites excluding steroid dienone is 4. The van der Waals surface area contributed by atoms with Crippen LogP contribution in [0.4, 0.5) is 0 Å². The highest BCUT2D eigenvalue weighted by Crippen LogP contribution is 2.11. The van der Waals surface area contributed by atoms with E-state index in [2.05, 4.69) is 76.4 Å². The number of esters is 1. The Kier molecular flexibility index (Phi) is 20.1. The molecule has 2 nitrogen and oxygen atoms in total. The average molecular weight is 560 g/mol. The van der Waals surface area contributed by atoms with Crippen molar-refractivity contribution in [2.24, 2.45) is 0 Å². The maximum absolute atomic E-state index is 11.4. The Morgan fingerprint density at radius 2 is 1.46 bits per heavy atom. The van der Waals surface area contributed by atoms with E-state index in [0.717, 1.165) is 19.3 Å². The van der Waals surface area contributed by atoms with Crippen LogP contribution in [-0.2, 0) is 9.53 Å². The number of carbonyl (C=O) groups excluding carboxylic acids is 1. The van der Waals surface area contributed by atoms with E-state index in [1.54, 1.807) is 0 Å². The van der Waals surface area contributed by atoms with Crippen molar-refractivity contribution < 1.29 is 9.53 Å². The van der Waals surface area contributed by atoms with Gasteiger partial charge in [-0.15, -0.1) is 0 Å². The van der Waals surface area contributed by atoms with Crippen molar-refractivity contribution in [2.75, 3.05) is 6.61 Å². The van der Waals surface area contributed by atoms with Crippen LogP contribution < -0.4 is 0 Å². The summed E-state index contributed by atoms with van der Waals surface area (Å²) in [5.41, 5.74) is 0. The van der Waals surface area contributed by atoms with Crippen LogP contribution in [0.1, 0.15) is 84.0 Å². The molecule has 24 heavy (non-hydrogen) atoms. The lowest BCUT2D eigenvalue weighted by Crippen LogP contribution is -2.09. The van der Waals surface area contributed by atoms with Crippen molar-refractivity contribution in [1.29, 1.82) is 0 Å². The first-order valence-corrected chi connectivity index (χ1v) is 11.9. The molecule has 0 aliphatic carbocycles. The minimum Gasteiger partial charge on any atom is -0.464 e. The molecular weight excluding hydrogens is 526 g/mol. The van der Waals surface area contributed by atoms with Crippen molar-refractivity contribution in [3.05, 3.63) is 24.3 Å². The molecule has 0 aromatic heterocycles. The van der Waals surface area contributed by atoms with E-state index in [1.807, 2.05) is 0 Å². The molecule has 0 N–H and O–H groups in total. The maximum atomic E-state index is 11.4. The van der Waals surface area contributed by atoms with Gasteiger partial charge in [0.2, 0.25) is 0 Å². The summed E-state index contributed by atoms with van der Waals surface area (Å²) in [5.74, 6) is -0.0426. The molecule has 0 saturated carbocycles. The molecular formula is C20H34I2O2. The molecule has 0 atom stereocenters. The summed E-state index contributed by atoms with van der Waals surface area (Å²) in [6.45, 7) is 2.77. The van der Waals surface area contributed by atoms with Gasteiger partial charge < -0.3 is 4.74 Å². The summed E-state index contributed by atoms with van der Waals surface area (Å²) in [7, 11) is 0. The Bertz CT molecular complexity index is 339. The van der Waals surface area contributed by atoms with Crippen LogP contribution >= 0.6 is 45.2 Å². The Balaban J connectivity index is 3.27. The fraction of sp³-hybridized carbons (Fsp3) is 0.750. The van der Waals surface area contributed by atoms with Gasteiger partial charge in [0.05, 0.1) is 1.93 Å². The van der Waals surface area contributed by atoms with Crippen LogP contribution in [0.5, 0.6) is 0 Å². The van der Waals surface area contributed by atoms with E-state index in [9.17, 15) is 4.79 Å². The van der Waals surface area contributed by atoms with E-state index in [-0.39, 0.29) is 5.97 Å². The van der Waals surface area contributed by atoms with Crippen molar-refractivity contribution in [3.8, 4) is 0 Å². The van der Waals surface area contributed by atoms with Gasteiger partial charge in [0.25, 0.3) is 0 Å². The first-order valence-electron chi connectivity index (χ1n) is 9.40. The second-order valence-electron chi connectivity index (χ2n) is 6.05. The van der Waals surface area contributed by atoms with Gasteiger partial charge in [0.1, 0.15) is 6.61 Å². The predicted octanol–water partition coefficient (Wildman–Crippen LogP) is 7.54.